The smallest absolute Gasteiger partial charge is 0.00719 e. The molecule has 0 saturated carbocycles. The van der Waals surface area contributed by atoms with Crippen molar-refractivity contribution < 1.29 is 0 Å². The molecule has 1 heteroatoms. The van der Waals surface area contributed by atoms with Gasteiger partial charge in [-0.15, -0.1) is 0 Å². The van der Waals surface area contributed by atoms with Crippen LogP contribution in [0.3, 0.4) is 0 Å². The summed E-state index contributed by atoms with van der Waals surface area (Å²) >= 11 is 0. The van der Waals surface area contributed by atoms with Crippen LogP contribution in [-0.4, -0.2) is 12.6 Å². The molecule has 0 aromatic heterocycles. The molecule has 1 nitrogen and oxygen atoms in total. The minimum absolute atomic E-state index is 0.736. The Morgan fingerprint density at radius 1 is 0.923 bits per heavy atom. The molecular formula is C12H27N. The van der Waals surface area contributed by atoms with Gasteiger partial charge in [-0.05, 0) is 37.6 Å². The highest BCUT2D eigenvalue weighted by Crippen LogP contribution is 2.12. The van der Waals surface area contributed by atoms with E-state index in [4.69, 9.17) is 0 Å². The molecule has 0 saturated heterocycles. The molecule has 0 spiro atoms. The van der Waals surface area contributed by atoms with Crippen molar-refractivity contribution in [1.82, 2.24) is 5.32 Å². The molecule has 0 rings (SSSR count). The highest BCUT2D eigenvalue weighted by atomic mass is 14.9. The van der Waals surface area contributed by atoms with Crippen LogP contribution in [-0.2, 0) is 0 Å². The summed E-state index contributed by atoms with van der Waals surface area (Å²) in [6.07, 6.45) is 3.88. The third kappa shape index (κ3) is 8.29. The van der Waals surface area contributed by atoms with E-state index >= 15 is 0 Å². The van der Waals surface area contributed by atoms with Crippen molar-refractivity contribution in [3.05, 3.63) is 0 Å². The first-order valence-corrected chi connectivity index (χ1v) is 5.79. The van der Waals surface area contributed by atoms with Crippen LogP contribution >= 0.6 is 0 Å². The van der Waals surface area contributed by atoms with Gasteiger partial charge in [-0.25, -0.2) is 0 Å². The summed E-state index contributed by atoms with van der Waals surface area (Å²) in [7, 11) is 0. The van der Waals surface area contributed by atoms with Crippen molar-refractivity contribution in [3.8, 4) is 0 Å². The maximum atomic E-state index is 3.63. The summed E-state index contributed by atoms with van der Waals surface area (Å²) in [5.41, 5.74) is 0. The molecule has 0 radical (unpaired) electrons. The fourth-order valence-electron chi connectivity index (χ4n) is 1.75. The van der Waals surface area contributed by atoms with Crippen LogP contribution in [0.5, 0.6) is 0 Å². The number of hydrogen-bond donors (Lipinski definition) is 1. The molecule has 0 bridgehead atoms. The molecule has 1 N–H and O–H groups in total. The van der Waals surface area contributed by atoms with Gasteiger partial charge < -0.3 is 5.32 Å². The van der Waals surface area contributed by atoms with E-state index in [1.54, 1.807) is 0 Å². The predicted molar refractivity (Wildman–Crippen MR) is 61.0 cm³/mol. The van der Waals surface area contributed by atoms with E-state index in [-0.39, 0.29) is 0 Å². The summed E-state index contributed by atoms with van der Waals surface area (Å²) in [5.74, 6) is 1.63. The Morgan fingerprint density at radius 2 is 1.38 bits per heavy atom. The largest absolute Gasteiger partial charge is 0.314 e. The zero-order chi connectivity index (χ0) is 10.3. The molecule has 0 aromatic carbocycles. The molecule has 0 amide bonds. The lowest BCUT2D eigenvalue weighted by atomic mass is 9.95. The van der Waals surface area contributed by atoms with Gasteiger partial charge in [0.1, 0.15) is 0 Å². The van der Waals surface area contributed by atoms with Gasteiger partial charge in [0.2, 0.25) is 0 Å². The quantitative estimate of drug-likeness (QED) is 0.640. The van der Waals surface area contributed by atoms with E-state index in [0.717, 1.165) is 17.9 Å². The molecule has 13 heavy (non-hydrogen) atoms. The molecule has 0 atom stereocenters. The number of hydrogen-bond acceptors (Lipinski definition) is 1. The monoisotopic (exact) mass is 185 g/mol. The molecule has 0 unspecified atom stereocenters. The lowest BCUT2D eigenvalue weighted by Gasteiger charge is -2.22. The second-order valence-electron chi connectivity index (χ2n) is 4.91. The first-order chi connectivity index (χ1) is 6.06. The van der Waals surface area contributed by atoms with Crippen molar-refractivity contribution >= 4 is 0 Å². The van der Waals surface area contributed by atoms with Gasteiger partial charge in [0.05, 0.1) is 0 Å². The van der Waals surface area contributed by atoms with E-state index in [9.17, 15) is 0 Å². The fourth-order valence-corrected chi connectivity index (χ4v) is 1.75. The molecule has 0 heterocycles. The average molecular weight is 185 g/mol. The van der Waals surface area contributed by atoms with Gasteiger partial charge in [-0.1, -0.05) is 34.6 Å². The highest BCUT2D eigenvalue weighted by molar-refractivity contribution is 4.69. The molecule has 0 fully saturated rings. The second kappa shape index (κ2) is 7.37. The molecular weight excluding hydrogens is 158 g/mol. The first-order valence-electron chi connectivity index (χ1n) is 5.79. The topological polar surface area (TPSA) is 12.0 Å². The van der Waals surface area contributed by atoms with Crippen molar-refractivity contribution in [2.45, 2.75) is 59.9 Å². The minimum atomic E-state index is 0.736. The Labute approximate surface area is 84.3 Å². The van der Waals surface area contributed by atoms with Crippen LogP contribution in [0.15, 0.2) is 0 Å². The lowest BCUT2D eigenvalue weighted by Crippen LogP contribution is -2.32. The first kappa shape index (κ1) is 13.0. The van der Waals surface area contributed by atoms with Gasteiger partial charge >= 0.3 is 0 Å². The van der Waals surface area contributed by atoms with Gasteiger partial charge in [-0.3, -0.25) is 0 Å². The molecule has 0 aliphatic rings. The third-order valence-electron chi connectivity index (χ3n) is 2.19. The van der Waals surface area contributed by atoms with Crippen LogP contribution in [0.1, 0.15) is 53.9 Å². The predicted octanol–water partition coefficient (Wildman–Crippen LogP) is 3.45. The van der Waals surface area contributed by atoms with E-state index < -0.39 is 0 Å². The Balaban J connectivity index is 3.73. The normalized spacial score (nSPS) is 12.0. The second-order valence-corrected chi connectivity index (χ2v) is 4.91. The van der Waals surface area contributed by atoms with E-state index in [1.165, 1.54) is 25.8 Å². The van der Waals surface area contributed by atoms with Crippen molar-refractivity contribution in [2.24, 2.45) is 11.8 Å². The Bertz CT molecular complexity index is 97.7. The Kier molecular flexibility index (Phi) is 7.35. The molecule has 0 aliphatic heterocycles. The van der Waals surface area contributed by atoms with Crippen LogP contribution in [0, 0.1) is 11.8 Å². The maximum absolute atomic E-state index is 3.63. The van der Waals surface area contributed by atoms with E-state index in [2.05, 4.69) is 39.9 Å². The third-order valence-corrected chi connectivity index (χ3v) is 2.19. The highest BCUT2D eigenvalue weighted by Gasteiger charge is 2.11. The number of rotatable bonds is 7. The fraction of sp³-hybridized carbons (Fsp3) is 1.00. The van der Waals surface area contributed by atoms with Crippen molar-refractivity contribution in [2.75, 3.05) is 6.54 Å². The van der Waals surface area contributed by atoms with E-state index in [0.29, 0.717) is 0 Å². The summed E-state index contributed by atoms with van der Waals surface area (Å²) < 4.78 is 0. The summed E-state index contributed by atoms with van der Waals surface area (Å²) in [6.45, 7) is 12.6. The minimum Gasteiger partial charge on any atom is -0.314 e. The molecule has 0 aromatic rings. The molecule has 80 valence electrons. The Hall–Kier alpha value is -0.0400. The number of nitrogens with one attached hydrogen (secondary N) is 1. The van der Waals surface area contributed by atoms with E-state index in [1.807, 2.05) is 0 Å². The van der Waals surface area contributed by atoms with Crippen LogP contribution < -0.4 is 5.32 Å². The van der Waals surface area contributed by atoms with Crippen LogP contribution in [0.4, 0.5) is 0 Å². The zero-order valence-corrected chi connectivity index (χ0v) is 10.1. The van der Waals surface area contributed by atoms with Crippen LogP contribution in [0.25, 0.3) is 0 Å². The van der Waals surface area contributed by atoms with Gasteiger partial charge in [0.25, 0.3) is 0 Å². The Morgan fingerprint density at radius 3 is 1.69 bits per heavy atom. The standard InChI is InChI=1S/C12H27N/c1-6-7-13-12(8-10(2)3)9-11(4)5/h10-13H,6-9H2,1-5H3. The summed E-state index contributed by atoms with van der Waals surface area (Å²) in [5, 5.41) is 3.63. The SMILES string of the molecule is CCCNC(CC(C)C)CC(C)C. The maximum Gasteiger partial charge on any atom is 0.00719 e. The molecule has 0 aliphatic carbocycles. The summed E-state index contributed by atoms with van der Waals surface area (Å²) in [4.78, 5) is 0. The van der Waals surface area contributed by atoms with Crippen LogP contribution in [0.2, 0.25) is 0 Å². The average Bonchev–Trinajstić information content (AvgIpc) is 1.98. The van der Waals surface area contributed by atoms with Gasteiger partial charge in [-0.2, -0.15) is 0 Å². The van der Waals surface area contributed by atoms with Crippen molar-refractivity contribution in [1.29, 1.82) is 0 Å². The van der Waals surface area contributed by atoms with Gasteiger partial charge in [0.15, 0.2) is 0 Å². The lowest BCUT2D eigenvalue weighted by molar-refractivity contribution is 0.360. The van der Waals surface area contributed by atoms with Gasteiger partial charge in [0, 0.05) is 6.04 Å². The zero-order valence-electron chi connectivity index (χ0n) is 10.1. The summed E-state index contributed by atoms with van der Waals surface area (Å²) in [6, 6.07) is 0.736. The van der Waals surface area contributed by atoms with Crippen molar-refractivity contribution in [3.63, 3.8) is 0 Å².